The summed E-state index contributed by atoms with van der Waals surface area (Å²) in [5.41, 5.74) is 0.731. The molecular weight excluding hydrogens is 336 g/mol. The van der Waals surface area contributed by atoms with Crippen LogP contribution in [0, 0.1) is 5.41 Å². The number of aliphatic hydroxyl groups excluding tert-OH is 1. The number of likely N-dealkylation sites (tertiary alicyclic amines) is 1. The molecule has 0 unspecified atom stereocenters. The summed E-state index contributed by atoms with van der Waals surface area (Å²) in [5, 5.41) is 15.3. The lowest BCUT2D eigenvalue weighted by atomic mass is 9.86. The van der Waals surface area contributed by atoms with Crippen molar-refractivity contribution >= 4 is 17.2 Å². The molecule has 25 heavy (non-hydrogen) atoms. The fourth-order valence-electron chi connectivity index (χ4n) is 3.47. The number of rotatable bonds is 4. The molecule has 2 aromatic heterocycles. The molecular formula is C18H26N4O2S. The third kappa shape index (κ3) is 3.63. The van der Waals surface area contributed by atoms with Gasteiger partial charge in [-0.05, 0) is 23.9 Å². The van der Waals surface area contributed by atoms with Gasteiger partial charge in [0.15, 0.2) is 0 Å². The number of nitrogens with zero attached hydrogens (tertiary/aromatic N) is 2. The van der Waals surface area contributed by atoms with Crippen molar-refractivity contribution in [2.24, 2.45) is 5.41 Å². The molecule has 3 atom stereocenters. The summed E-state index contributed by atoms with van der Waals surface area (Å²) in [6, 6.07) is 3.49. The zero-order valence-corrected chi connectivity index (χ0v) is 15.9. The number of aromatic nitrogens is 2. The lowest BCUT2D eigenvalue weighted by Crippen LogP contribution is -2.52. The van der Waals surface area contributed by atoms with Gasteiger partial charge in [0, 0.05) is 13.0 Å². The normalized spacial score (nSPS) is 22.4. The van der Waals surface area contributed by atoms with Gasteiger partial charge < -0.3 is 20.3 Å². The van der Waals surface area contributed by atoms with Crippen LogP contribution >= 0.6 is 11.3 Å². The van der Waals surface area contributed by atoms with Gasteiger partial charge in [0.25, 0.3) is 0 Å². The smallest absolute Gasteiger partial charge is 0.240 e. The summed E-state index contributed by atoms with van der Waals surface area (Å²) in [4.78, 5) is 23.8. The Bertz CT molecular complexity index is 720. The highest BCUT2D eigenvalue weighted by atomic mass is 32.1. The van der Waals surface area contributed by atoms with Gasteiger partial charge >= 0.3 is 0 Å². The molecule has 3 rings (SSSR count). The van der Waals surface area contributed by atoms with Gasteiger partial charge in [0.2, 0.25) is 5.91 Å². The van der Waals surface area contributed by atoms with E-state index in [1.807, 2.05) is 38.3 Å². The topological polar surface area (TPSA) is 81.2 Å². The first kappa shape index (κ1) is 18.1. The SMILES string of the molecule is CN[C@H](C(=O)N1C[C@H](O)C[C@H]1c1ncc(-c2cccs2)[nH]1)C(C)(C)C. The van der Waals surface area contributed by atoms with Crippen LogP contribution in [0.1, 0.15) is 39.1 Å². The Balaban J connectivity index is 1.86. The van der Waals surface area contributed by atoms with Crippen molar-refractivity contribution in [2.75, 3.05) is 13.6 Å². The van der Waals surface area contributed by atoms with E-state index in [1.54, 1.807) is 29.5 Å². The summed E-state index contributed by atoms with van der Waals surface area (Å²) >= 11 is 1.64. The zero-order chi connectivity index (χ0) is 18.2. The van der Waals surface area contributed by atoms with Crippen molar-refractivity contribution in [3.8, 4) is 10.6 Å². The number of amides is 1. The van der Waals surface area contributed by atoms with E-state index in [1.165, 1.54) is 0 Å². The van der Waals surface area contributed by atoms with Crippen LogP contribution in [0.4, 0.5) is 0 Å². The summed E-state index contributed by atoms with van der Waals surface area (Å²) in [7, 11) is 1.80. The highest BCUT2D eigenvalue weighted by molar-refractivity contribution is 7.13. The maximum Gasteiger partial charge on any atom is 0.240 e. The fraction of sp³-hybridized carbons (Fsp3) is 0.556. The second-order valence-corrected chi connectivity index (χ2v) is 8.59. The molecule has 1 amide bonds. The van der Waals surface area contributed by atoms with Crippen LogP contribution in [-0.4, -0.2) is 51.6 Å². The van der Waals surface area contributed by atoms with Crippen LogP contribution in [0.25, 0.3) is 10.6 Å². The molecule has 6 nitrogen and oxygen atoms in total. The summed E-state index contributed by atoms with van der Waals surface area (Å²) in [5.74, 6) is 0.739. The molecule has 0 saturated carbocycles. The Hall–Kier alpha value is -1.70. The molecule has 7 heteroatoms. The van der Waals surface area contributed by atoms with Gasteiger partial charge in [-0.15, -0.1) is 11.3 Å². The number of hydrogen-bond donors (Lipinski definition) is 3. The third-order valence-electron chi connectivity index (χ3n) is 4.66. The Morgan fingerprint density at radius 1 is 1.52 bits per heavy atom. The number of aliphatic hydroxyl groups is 1. The number of H-pyrrole nitrogens is 1. The highest BCUT2D eigenvalue weighted by Gasteiger charge is 2.42. The Morgan fingerprint density at radius 2 is 2.28 bits per heavy atom. The van der Waals surface area contributed by atoms with Crippen LogP contribution in [0.2, 0.25) is 0 Å². The molecule has 1 fully saturated rings. The summed E-state index contributed by atoms with van der Waals surface area (Å²) < 4.78 is 0. The number of imidazole rings is 1. The summed E-state index contributed by atoms with van der Waals surface area (Å²) in [6.07, 6.45) is 1.78. The lowest BCUT2D eigenvalue weighted by molar-refractivity contribution is -0.137. The van der Waals surface area contributed by atoms with Gasteiger partial charge in [0.1, 0.15) is 5.82 Å². The lowest BCUT2D eigenvalue weighted by Gasteiger charge is -2.34. The fourth-order valence-corrected chi connectivity index (χ4v) is 4.16. The van der Waals surface area contributed by atoms with Gasteiger partial charge in [-0.2, -0.15) is 0 Å². The van der Waals surface area contributed by atoms with Crippen LogP contribution in [0.3, 0.4) is 0 Å². The first-order chi connectivity index (χ1) is 11.8. The predicted octanol–water partition coefficient (Wildman–Crippen LogP) is 2.41. The van der Waals surface area contributed by atoms with Gasteiger partial charge in [0.05, 0.1) is 35.0 Å². The maximum absolute atomic E-state index is 13.1. The largest absolute Gasteiger partial charge is 0.391 e. The Morgan fingerprint density at radius 3 is 2.88 bits per heavy atom. The number of carbonyl (C=O) groups is 1. The predicted molar refractivity (Wildman–Crippen MR) is 99.3 cm³/mol. The zero-order valence-electron chi connectivity index (χ0n) is 15.1. The molecule has 1 aliphatic heterocycles. The first-order valence-corrected chi connectivity index (χ1v) is 9.44. The van der Waals surface area contributed by atoms with Crippen molar-refractivity contribution in [3.63, 3.8) is 0 Å². The minimum atomic E-state index is -0.526. The number of hydrogen-bond acceptors (Lipinski definition) is 5. The van der Waals surface area contributed by atoms with Gasteiger partial charge in [-0.1, -0.05) is 26.8 Å². The Kier molecular flexibility index (Phi) is 4.99. The number of carbonyl (C=O) groups excluding carboxylic acids is 1. The van der Waals surface area contributed by atoms with Crippen LogP contribution < -0.4 is 5.32 Å². The average molecular weight is 362 g/mol. The van der Waals surface area contributed by atoms with Crippen molar-refractivity contribution in [2.45, 2.75) is 45.4 Å². The third-order valence-corrected chi connectivity index (χ3v) is 5.56. The number of β-amino-alcohol motifs (C(OH)–C–C–N with tert-alkyl or cyclic N) is 1. The van der Waals surface area contributed by atoms with E-state index in [4.69, 9.17) is 0 Å². The molecule has 0 aromatic carbocycles. The van der Waals surface area contributed by atoms with Gasteiger partial charge in [-0.3, -0.25) is 4.79 Å². The van der Waals surface area contributed by atoms with Crippen LogP contribution in [0.15, 0.2) is 23.7 Å². The molecule has 136 valence electrons. The minimum Gasteiger partial charge on any atom is -0.391 e. The molecule has 0 aliphatic carbocycles. The number of thiophene rings is 1. The number of nitrogens with one attached hydrogen (secondary N) is 2. The van der Waals surface area contributed by atoms with E-state index >= 15 is 0 Å². The van der Waals surface area contributed by atoms with E-state index in [-0.39, 0.29) is 23.4 Å². The van der Waals surface area contributed by atoms with E-state index < -0.39 is 6.10 Å². The molecule has 0 spiro atoms. The van der Waals surface area contributed by atoms with Crippen LogP contribution in [0.5, 0.6) is 0 Å². The molecule has 3 N–H and O–H groups in total. The maximum atomic E-state index is 13.1. The van der Waals surface area contributed by atoms with Crippen molar-refractivity contribution in [1.29, 1.82) is 0 Å². The van der Waals surface area contributed by atoms with Crippen molar-refractivity contribution in [3.05, 3.63) is 29.5 Å². The number of aromatic amines is 1. The second kappa shape index (κ2) is 6.90. The first-order valence-electron chi connectivity index (χ1n) is 8.56. The molecule has 0 bridgehead atoms. The van der Waals surface area contributed by atoms with Crippen molar-refractivity contribution in [1.82, 2.24) is 20.2 Å². The van der Waals surface area contributed by atoms with E-state index in [0.717, 1.165) is 16.4 Å². The van der Waals surface area contributed by atoms with E-state index in [2.05, 4.69) is 15.3 Å². The average Bonchev–Trinajstić information content (AvgIpc) is 3.25. The monoisotopic (exact) mass is 362 g/mol. The quantitative estimate of drug-likeness (QED) is 0.780. The van der Waals surface area contributed by atoms with E-state index in [9.17, 15) is 9.90 Å². The Labute approximate surface area is 152 Å². The van der Waals surface area contributed by atoms with E-state index in [0.29, 0.717) is 13.0 Å². The van der Waals surface area contributed by atoms with Gasteiger partial charge in [-0.25, -0.2) is 4.98 Å². The molecule has 2 aromatic rings. The number of likely N-dealkylation sites (N-methyl/N-ethyl adjacent to an activating group) is 1. The molecule has 0 radical (unpaired) electrons. The molecule has 1 saturated heterocycles. The summed E-state index contributed by atoms with van der Waals surface area (Å²) in [6.45, 7) is 6.45. The molecule has 1 aliphatic rings. The standard InChI is InChI=1S/C18H26N4O2S/c1-18(2,3)15(19-4)17(24)22-10-11(23)8-13(22)16-20-9-12(21-16)14-6-5-7-25-14/h5-7,9,11,13,15,19,23H,8,10H2,1-4H3,(H,20,21)/t11-,13+,15-/m1/s1. The minimum absolute atomic E-state index is 0.00521. The second-order valence-electron chi connectivity index (χ2n) is 7.64. The van der Waals surface area contributed by atoms with Crippen LogP contribution in [-0.2, 0) is 4.79 Å². The van der Waals surface area contributed by atoms with Crippen molar-refractivity contribution < 1.29 is 9.90 Å². The molecule has 3 heterocycles. The highest BCUT2D eigenvalue weighted by Crippen LogP contribution is 2.34.